The number of nitrogens with zero attached hydrogens (tertiary/aromatic N) is 2. The Morgan fingerprint density at radius 1 is 1.00 bits per heavy atom. The van der Waals surface area contributed by atoms with Gasteiger partial charge in [0.25, 0.3) is 0 Å². The van der Waals surface area contributed by atoms with Crippen LogP contribution in [0.1, 0.15) is 16.9 Å². The van der Waals surface area contributed by atoms with E-state index in [0.29, 0.717) is 11.3 Å². The van der Waals surface area contributed by atoms with E-state index < -0.39 is 29.5 Å². The Morgan fingerprint density at radius 2 is 1.75 bits per heavy atom. The van der Waals surface area contributed by atoms with Crippen molar-refractivity contribution in [2.24, 2.45) is 0 Å². The zero-order chi connectivity index (χ0) is 26.1. The van der Waals surface area contributed by atoms with Crippen molar-refractivity contribution in [1.82, 2.24) is 9.80 Å². The van der Waals surface area contributed by atoms with Crippen molar-refractivity contribution >= 4 is 17.6 Å². The number of halogens is 4. The van der Waals surface area contributed by atoms with Crippen LogP contribution < -0.4 is 5.32 Å². The molecule has 3 aromatic rings. The second-order valence-electron chi connectivity index (χ2n) is 7.88. The summed E-state index contributed by atoms with van der Waals surface area (Å²) in [6.45, 7) is -0.0581. The lowest BCUT2D eigenvalue weighted by Gasteiger charge is -2.27. The molecule has 192 valence electrons. The molecular weight excluding hydrogens is 482 g/mol. The maximum atomic E-state index is 13.3. The van der Waals surface area contributed by atoms with E-state index in [9.17, 15) is 27.2 Å². The zero-order valence-electron chi connectivity index (χ0n) is 19.4. The first kappa shape index (κ1) is 26.7. The summed E-state index contributed by atoms with van der Waals surface area (Å²) in [5, 5.41) is 2.41. The summed E-state index contributed by atoms with van der Waals surface area (Å²) in [6.07, 6.45) is -3.11. The number of methoxy groups -OCH3 is 1. The van der Waals surface area contributed by atoms with Gasteiger partial charge in [-0.2, -0.15) is 13.2 Å². The van der Waals surface area contributed by atoms with Crippen molar-refractivity contribution in [2.45, 2.75) is 19.3 Å². The summed E-state index contributed by atoms with van der Waals surface area (Å²) >= 11 is 0. The molecule has 0 aliphatic carbocycles. The molecule has 0 saturated carbocycles. The van der Waals surface area contributed by atoms with Crippen molar-refractivity contribution < 1.29 is 36.3 Å². The fourth-order valence-corrected chi connectivity index (χ4v) is 3.33. The number of rotatable bonds is 10. The predicted molar refractivity (Wildman–Crippen MR) is 123 cm³/mol. The molecule has 0 atom stereocenters. The van der Waals surface area contributed by atoms with Gasteiger partial charge in [-0.3, -0.25) is 4.79 Å². The molecule has 0 unspecified atom stereocenters. The zero-order valence-corrected chi connectivity index (χ0v) is 19.4. The molecule has 0 aliphatic heterocycles. The van der Waals surface area contributed by atoms with E-state index in [0.717, 1.165) is 17.0 Å². The Morgan fingerprint density at radius 3 is 2.39 bits per heavy atom. The van der Waals surface area contributed by atoms with Gasteiger partial charge in [0.15, 0.2) is 0 Å². The van der Waals surface area contributed by atoms with E-state index >= 15 is 0 Å². The number of anilines is 1. The molecule has 3 rings (SSSR count). The normalized spacial score (nSPS) is 11.2. The lowest BCUT2D eigenvalue weighted by molar-refractivity contribution is -0.137. The number of benzene rings is 2. The van der Waals surface area contributed by atoms with E-state index in [-0.39, 0.29) is 38.5 Å². The number of hydrogen-bond acceptors (Lipinski definition) is 4. The quantitative estimate of drug-likeness (QED) is 0.386. The number of urea groups is 1. The highest BCUT2D eigenvalue weighted by Gasteiger charge is 2.31. The van der Waals surface area contributed by atoms with Gasteiger partial charge >= 0.3 is 12.2 Å². The number of carbonyl (C=O) groups excluding carboxylic acids is 2. The third kappa shape index (κ3) is 7.84. The highest BCUT2D eigenvalue weighted by Crippen LogP contribution is 2.30. The molecule has 0 saturated heterocycles. The molecule has 1 N–H and O–H groups in total. The predicted octanol–water partition coefficient (Wildman–Crippen LogP) is 5.15. The summed E-state index contributed by atoms with van der Waals surface area (Å²) in [7, 11) is 1.42. The van der Waals surface area contributed by atoms with Gasteiger partial charge in [-0.25, -0.2) is 9.18 Å². The van der Waals surface area contributed by atoms with Crippen LogP contribution in [-0.2, 0) is 28.8 Å². The first-order valence-corrected chi connectivity index (χ1v) is 10.9. The second-order valence-corrected chi connectivity index (χ2v) is 7.88. The van der Waals surface area contributed by atoms with Crippen LogP contribution in [0, 0.1) is 5.82 Å². The largest absolute Gasteiger partial charge is 0.467 e. The van der Waals surface area contributed by atoms with Gasteiger partial charge in [0, 0.05) is 25.9 Å². The molecule has 2 aromatic carbocycles. The van der Waals surface area contributed by atoms with Gasteiger partial charge in [-0.15, -0.1) is 0 Å². The van der Waals surface area contributed by atoms with Gasteiger partial charge in [0.2, 0.25) is 5.91 Å². The van der Waals surface area contributed by atoms with Gasteiger partial charge < -0.3 is 24.3 Å². The number of carbonyl (C=O) groups is 2. The average Bonchev–Trinajstić information content (AvgIpc) is 3.35. The topological polar surface area (TPSA) is 75.0 Å². The molecule has 36 heavy (non-hydrogen) atoms. The number of nitrogens with one attached hydrogen (secondary N) is 1. The highest BCUT2D eigenvalue weighted by atomic mass is 19.4. The van der Waals surface area contributed by atoms with Crippen LogP contribution in [0.4, 0.5) is 28.0 Å². The van der Waals surface area contributed by atoms with Crippen molar-refractivity contribution in [1.29, 1.82) is 0 Å². The Bertz CT molecular complexity index is 1130. The molecule has 0 fully saturated rings. The molecular formula is C25H25F4N3O4. The molecule has 11 heteroatoms. The van der Waals surface area contributed by atoms with Crippen LogP contribution in [0.5, 0.6) is 0 Å². The summed E-state index contributed by atoms with van der Waals surface area (Å²) in [5.41, 5.74) is -0.319. The van der Waals surface area contributed by atoms with E-state index in [4.69, 9.17) is 9.15 Å². The van der Waals surface area contributed by atoms with Gasteiger partial charge in [0.05, 0.1) is 25.0 Å². The van der Waals surface area contributed by atoms with E-state index in [1.165, 1.54) is 42.5 Å². The number of ether oxygens (including phenoxy) is 1. The molecule has 3 amide bonds. The summed E-state index contributed by atoms with van der Waals surface area (Å²) in [6, 6.07) is 12.4. The van der Waals surface area contributed by atoms with E-state index in [1.54, 1.807) is 24.3 Å². The molecule has 7 nitrogen and oxygen atoms in total. The first-order chi connectivity index (χ1) is 17.2. The maximum absolute atomic E-state index is 13.3. The highest BCUT2D eigenvalue weighted by molar-refractivity contribution is 5.92. The second kappa shape index (κ2) is 12.2. The molecule has 0 spiro atoms. The van der Waals surface area contributed by atoms with Gasteiger partial charge in [-0.1, -0.05) is 18.2 Å². The molecule has 0 bridgehead atoms. The smallest absolute Gasteiger partial charge is 0.416 e. The minimum atomic E-state index is -4.57. The summed E-state index contributed by atoms with van der Waals surface area (Å²) in [4.78, 5) is 28.7. The van der Waals surface area contributed by atoms with Crippen LogP contribution >= 0.6 is 0 Å². The van der Waals surface area contributed by atoms with E-state index in [2.05, 4.69) is 5.32 Å². The molecule has 0 radical (unpaired) electrons. The Labute approximate surface area is 205 Å². The summed E-state index contributed by atoms with van der Waals surface area (Å²) in [5.74, 6) is -0.368. The lowest BCUT2D eigenvalue weighted by atomic mass is 10.2. The number of hydrogen-bond donors (Lipinski definition) is 1. The van der Waals surface area contributed by atoms with Crippen molar-refractivity contribution in [3.63, 3.8) is 0 Å². The fourth-order valence-electron chi connectivity index (χ4n) is 3.33. The van der Waals surface area contributed by atoms with Gasteiger partial charge in [0.1, 0.15) is 18.1 Å². The Balaban J connectivity index is 1.76. The van der Waals surface area contributed by atoms with Crippen LogP contribution in [0.2, 0.25) is 0 Å². The first-order valence-electron chi connectivity index (χ1n) is 10.9. The summed E-state index contributed by atoms with van der Waals surface area (Å²) < 4.78 is 62.8. The van der Waals surface area contributed by atoms with Crippen molar-refractivity contribution in [2.75, 3.05) is 32.1 Å². The van der Waals surface area contributed by atoms with Crippen LogP contribution in [0.15, 0.2) is 71.3 Å². The molecule has 1 heterocycles. The van der Waals surface area contributed by atoms with Gasteiger partial charge in [-0.05, 0) is 48.0 Å². The number of furan rings is 1. The minimum Gasteiger partial charge on any atom is -0.467 e. The maximum Gasteiger partial charge on any atom is 0.416 e. The van der Waals surface area contributed by atoms with Crippen LogP contribution in [0.3, 0.4) is 0 Å². The van der Waals surface area contributed by atoms with Crippen LogP contribution in [0.25, 0.3) is 0 Å². The SMILES string of the molecule is COCCN(CC(=O)N(Cc1ccc(F)cc1)Cc1ccco1)C(=O)Nc1cccc(C(F)(F)F)c1. The third-order valence-electron chi connectivity index (χ3n) is 5.19. The standard InChI is InChI=1S/C25H25F4N3O4/c1-35-13-11-31(24(34)30-21-5-2-4-19(14-21)25(27,28)29)17-23(33)32(16-22-6-3-12-36-22)15-18-7-9-20(26)10-8-18/h2-10,12,14H,11,13,15-17H2,1H3,(H,30,34). The van der Waals surface area contributed by atoms with Crippen LogP contribution in [-0.4, -0.2) is 48.5 Å². The van der Waals surface area contributed by atoms with Crippen molar-refractivity contribution in [3.8, 4) is 0 Å². The third-order valence-corrected chi connectivity index (χ3v) is 5.19. The number of alkyl halides is 3. The average molecular weight is 507 g/mol. The van der Waals surface area contributed by atoms with E-state index in [1.807, 2.05) is 0 Å². The number of amides is 3. The lowest BCUT2D eigenvalue weighted by Crippen LogP contribution is -2.45. The fraction of sp³-hybridized carbons (Fsp3) is 0.280. The minimum absolute atomic E-state index is 0.0121. The molecule has 0 aliphatic rings. The Hall–Kier alpha value is -3.86. The van der Waals surface area contributed by atoms with Crippen molar-refractivity contribution in [3.05, 3.63) is 89.6 Å². The monoisotopic (exact) mass is 507 g/mol. The Kier molecular flexibility index (Phi) is 9.07. The molecule has 1 aromatic heterocycles.